The minimum absolute atomic E-state index is 0.356. The van der Waals surface area contributed by atoms with Crippen LogP contribution in [0, 0.1) is 0 Å². The van der Waals surface area contributed by atoms with Gasteiger partial charge in [0.1, 0.15) is 0 Å². The number of nitrogens with zero attached hydrogens (tertiary/aromatic N) is 4. The lowest BCUT2D eigenvalue weighted by Crippen LogP contribution is -2.12. The van der Waals surface area contributed by atoms with E-state index >= 15 is 0 Å². The highest BCUT2D eigenvalue weighted by Crippen LogP contribution is 2.30. The number of tetrazole rings is 1. The van der Waals surface area contributed by atoms with Gasteiger partial charge in [-0.05, 0) is 22.1 Å². The summed E-state index contributed by atoms with van der Waals surface area (Å²) in [6.07, 6.45) is -4.33. The smallest absolute Gasteiger partial charge is 0.329 e. The van der Waals surface area contributed by atoms with Gasteiger partial charge in [-0.25, -0.2) is 4.68 Å². The third-order valence-corrected chi connectivity index (χ3v) is 3.49. The summed E-state index contributed by atoms with van der Waals surface area (Å²) in [5.41, 5.74) is 5.32. The molecule has 0 atom stereocenters. The first-order valence-electron chi connectivity index (χ1n) is 5.76. The first-order chi connectivity index (χ1) is 9.50. The van der Waals surface area contributed by atoms with Crippen molar-refractivity contribution < 1.29 is 13.2 Å². The topological polar surface area (TPSA) is 69.6 Å². The van der Waals surface area contributed by atoms with Crippen LogP contribution in [0.15, 0.2) is 29.4 Å². The van der Waals surface area contributed by atoms with E-state index in [1.165, 1.54) is 22.5 Å². The van der Waals surface area contributed by atoms with Gasteiger partial charge < -0.3 is 5.73 Å². The number of hydrogen-bond acceptors (Lipinski definition) is 5. The fourth-order valence-corrected chi connectivity index (χ4v) is 2.39. The molecule has 1 aromatic carbocycles. The van der Waals surface area contributed by atoms with Crippen LogP contribution in [0.3, 0.4) is 0 Å². The molecule has 1 aromatic heterocycles. The van der Waals surface area contributed by atoms with Crippen LogP contribution in [0.5, 0.6) is 0 Å². The zero-order chi connectivity index (χ0) is 14.6. The Bertz CT molecular complexity index is 569. The Balaban J connectivity index is 2.05. The highest BCUT2D eigenvalue weighted by Gasteiger charge is 2.30. The van der Waals surface area contributed by atoms with Crippen molar-refractivity contribution in [3.05, 3.63) is 35.4 Å². The summed E-state index contributed by atoms with van der Waals surface area (Å²) in [4.78, 5) is 0. The van der Waals surface area contributed by atoms with Crippen LogP contribution in [-0.4, -0.2) is 26.8 Å². The zero-order valence-electron chi connectivity index (χ0n) is 10.3. The summed E-state index contributed by atoms with van der Waals surface area (Å²) < 4.78 is 39.3. The second-order valence-corrected chi connectivity index (χ2v) is 4.90. The summed E-state index contributed by atoms with van der Waals surface area (Å²) in [7, 11) is 0. The number of aromatic nitrogens is 4. The van der Waals surface area contributed by atoms with Crippen LogP contribution >= 0.6 is 11.8 Å². The van der Waals surface area contributed by atoms with Crippen molar-refractivity contribution in [1.82, 2.24) is 20.2 Å². The van der Waals surface area contributed by atoms with Crippen LogP contribution in [0.2, 0.25) is 0 Å². The van der Waals surface area contributed by atoms with Crippen LogP contribution in [0.4, 0.5) is 13.2 Å². The Labute approximate surface area is 117 Å². The van der Waals surface area contributed by atoms with Crippen LogP contribution in [-0.2, 0) is 18.5 Å². The monoisotopic (exact) mass is 303 g/mol. The minimum Gasteiger partial charge on any atom is -0.329 e. The van der Waals surface area contributed by atoms with Gasteiger partial charge in [0.2, 0.25) is 5.16 Å². The molecule has 0 fully saturated rings. The molecule has 2 aromatic rings. The molecule has 0 saturated heterocycles. The maximum atomic E-state index is 12.6. The molecule has 108 valence electrons. The molecule has 9 heteroatoms. The van der Waals surface area contributed by atoms with Gasteiger partial charge in [-0.15, -0.1) is 5.10 Å². The molecule has 2 N–H and O–H groups in total. The average molecular weight is 303 g/mol. The minimum atomic E-state index is -4.33. The lowest BCUT2D eigenvalue weighted by molar-refractivity contribution is -0.137. The zero-order valence-corrected chi connectivity index (χ0v) is 11.2. The average Bonchev–Trinajstić information content (AvgIpc) is 2.84. The number of thioether (sulfide) groups is 1. The maximum Gasteiger partial charge on any atom is 0.416 e. The van der Waals surface area contributed by atoms with E-state index < -0.39 is 11.7 Å². The van der Waals surface area contributed by atoms with E-state index in [0.717, 1.165) is 12.1 Å². The van der Waals surface area contributed by atoms with E-state index in [1.54, 1.807) is 6.07 Å². The molecular weight excluding hydrogens is 291 g/mol. The number of benzene rings is 1. The van der Waals surface area contributed by atoms with Crippen molar-refractivity contribution in [1.29, 1.82) is 0 Å². The number of nitrogens with two attached hydrogens (primary N) is 1. The quantitative estimate of drug-likeness (QED) is 0.855. The van der Waals surface area contributed by atoms with Crippen LogP contribution in [0.1, 0.15) is 11.1 Å². The molecule has 0 spiro atoms. The molecular formula is C11H12F3N5S. The Hall–Kier alpha value is -1.61. The maximum absolute atomic E-state index is 12.6. The number of halogens is 3. The van der Waals surface area contributed by atoms with Crippen molar-refractivity contribution in [2.24, 2.45) is 5.73 Å². The molecule has 0 aliphatic carbocycles. The first kappa shape index (κ1) is 14.8. The third kappa shape index (κ3) is 3.70. The van der Waals surface area contributed by atoms with Crippen molar-refractivity contribution in [2.45, 2.75) is 23.6 Å². The lowest BCUT2D eigenvalue weighted by atomic mass is 10.1. The van der Waals surface area contributed by atoms with E-state index in [4.69, 9.17) is 5.73 Å². The summed E-state index contributed by atoms with van der Waals surface area (Å²) in [5, 5.41) is 11.6. The molecule has 20 heavy (non-hydrogen) atoms. The number of alkyl halides is 3. The summed E-state index contributed by atoms with van der Waals surface area (Å²) >= 11 is 1.27. The van der Waals surface area contributed by atoms with Gasteiger partial charge in [0.15, 0.2) is 0 Å². The van der Waals surface area contributed by atoms with Gasteiger partial charge in [-0.2, -0.15) is 13.2 Å². The fraction of sp³-hybridized carbons (Fsp3) is 0.364. The second kappa shape index (κ2) is 6.23. The Morgan fingerprint density at radius 1 is 1.30 bits per heavy atom. The third-order valence-electron chi connectivity index (χ3n) is 2.46. The molecule has 2 rings (SSSR count). The van der Waals surface area contributed by atoms with Gasteiger partial charge >= 0.3 is 6.18 Å². The number of rotatable bonds is 5. The normalized spacial score (nSPS) is 11.8. The summed E-state index contributed by atoms with van der Waals surface area (Å²) in [6, 6.07) is 5.21. The highest BCUT2D eigenvalue weighted by molar-refractivity contribution is 7.98. The van der Waals surface area contributed by atoms with Gasteiger partial charge in [-0.3, -0.25) is 0 Å². The van der Waals surface area contributed by atoms with Gasteiger partial charge in [-0.1, -0.05) is 30.0 Å². The standard InChI is InChI=1S/C11H12F3N5S/c12-11(13,14)9-3-1-2-8(6-9)7-20-10-16-17-18-19(10)5-4-15/h1-3,6H,4-5,7,15H2. The van der Waals surface area contributed by atoms with Crippen molar-refractivity contribution >= 4 is 11.8 Å². The molecule has 1 heterocycles. The summed E-state index contributed by atoms with van der Waals surface area (Å²) in [6.45, 7) is 0.861. The predicted octanol–water partition coefficient (Wildman–Crippen LogP) is 1.94. The fourth-order valence-electron chi connectivity index (χ4n) is 1.55. The molecule has 0 radical (unpaired) electrons. The number of hydrogen-bond donors (Lipinski definition) is 1. The Kier molecular flexibility index (Phi) is 4.61. The Morgan fingerprint density at radius 3 is 2.80 bits per heavy atom. The van der Waals surface area contributed by atoms with Crippen molar-refractivity contribution in [3.8, 4) is 0 Å². The largest absolute Gasteiger partial charge is 0.416 e. The Morgan fingerprint density at radius 2 is 2.10 bits per heavy atom. The molecule has 5 nitrogen and oxygen atoms in total. The van der Waals surface area contributed by atoms with E-state index in [2.05, 4.69) is 15.5 Å². The lowest BCUT2D eigenvalue weighted by Gasteiger charge is -2.08. The van der Waals surface area contributed by atoms with Crippen molar-refractivity contribution in [2.75, 3.05) is 6.54 Å². The highest BCUT2D eigenvalue weighted by atomic mass is 32.2. The van der Waals surface area contributed by atoms with E-state index in [-0.39, 0.29) is 0 Å². The van der Waals surface area contributed by atoms with E-state index in [1.807, 2.05) is 0 Å². The second-order valence-electron chi connectivity index (χ2n) is 3.96. The summed E-state index contributed by atoms with van der Waals surface area (Å²) in [5.74, 6) is 0.356. The van der Waals surface area contributed by atoms with Gasteiger partial charge in [0.25, 0.3) is 0 Å². The van der Waals surface area contributed by atoms with Crippen molar-refractivity contribution in [3.63, 3.8) is 0 Å². The molecule has 0 amide bonds. The molecule has 0 aliphatic rings. The SMILES string of the molecule is NCCn1nnnc1SCc1cccc(C(F)(F)F)c1. The molecule has 0 unspecified atom stereocenters. The molecule has 0 aliphatic heterocycles. The van der Waals surface area contributed by atoms with E-state index in [0.29, 0.717) is 29.6 Å². The van der Waals surface area contributed by atoms with Gasteiger partial charge in [0.05, 0.1) is 12.1 Å². The van der Waals surface area contributed by atoms with Gasteiger partial charge in [0, 0.05) is 12.3 Å². The van der Waals surface area contributed by atoms with Crippen LogP contribution < -0.4 is 5.73 Å². The predicted molar refractivity (Wildman–Crippen MR) is 67.9 cm³/mol. The molecule has 0 saturated carbocycles. The first-order valence-corrected chi connectivity index (χ1v) is 6.74. The van der Waals surface area contributed by atoms with Crippen LogP contribution in [0.25, 0.3) is 0 Å². The molecule has 0 bridgehead atoms. The van der Waals surface area contributed by atoms with E-state index in [9.17, 15) is 13.2 Å².